The van der Waals surface area contributed by atoms with Gasteiger partial charge in [-0.15, -0.1) is 0 Å². The van der Waals surface area contributed by atoms with Crippen molar-refractivity contribution in [1.29, 1.82) is 0 Å². The lowest BCUT2D eigenvalue weighted by atomic mass is 9.80. The lowest BCUT2D eigenvalue weighted by Crippen LogP contribution is -2.38. The number of aromatic nitrogens is 2. The maximum atomic E-state index is 13.3. The van der Waals surface area contributed by atoms with Crippen molar-refractivity contribution < 1.29 is 43.1 Å². The Bertz CT molecular complexity index is 2030. The molecule has 2 heterocycles. The Balaban J connectivity index is 1.02. The van der Waals surface area contributed by atoms with Gasteiger partial charge in [0, 0.05) is 24.8 Å². The summed E-state index contributed by atoms with van der Waals surface area (Å²) in [7, 11) is 3.25. The number of ether oxygens (including phenoxy) is 7. The molecular weight excluding hydrogens is 741 g/mol. The van der Waals surface area contributed by atoms with Gasteiger partial charge in [-0.3, -0.25) is 4.57 Å². The van der Waals surface area contributed by atoms with Crippen molar-refractivity contribution in [2.45, 2.75) is 69.5 Å². The highest BCUT2D eigenvalue weighted by molar-refractivity contribution is 5.73. The third-order valence-electron chi connectivity index (χ3n) is 10.1. The minimum Gasteiger partial charge on any atom is -0.497 e. The summed E-state index contributed by atoms with van der Waals surface area (Å²) in [5.74, 6) is 1.78. The molecule has 1 aromatic heterocycles. The maximum Gasteiger partial charge on any atom is 0.352 e. The molecule has 12 heteroatoms. The third-order valence-corrected chi connectivity index (χ3v) is 10.1. The first-order valence-electron chi connectivity index (χ1n) is 19.7. The Morgan fingerprint density at radius 2 is 1.34 bits per heavy atom. The van der Waals surface area contributed by atoms with Crippen LogP contribution in [0.5, 0.6) is 23.1 Å². The van der Waals surface area contributed by atoms with Gasteiger partial charge in [-0.1, -0.05) is 92.1 Å². The fourth-order valence-corrected chi connectivity index (χ4v) is 7.03. The van der Waals surface area contributed by atoms with Crippen LogP contribution in [0.2, 0.25) is 0 Å². The molecule has 1 fully saturated rings. The number of aliphatic hydroxyl groups is 1. The van der Waals surface area contributed by atoms with Crippen LogP contribution < -0.4 is 24.6 Å². The number of esters is 1. The van der Waals surface area contributed by atoms with E-state index in [9.17, 15) is 14.7 Å². The van der Waals surface area contributed by atoms with Crippen molar-refractivity contribution in [2.24, 2.45) is 0 Å². The van der Waals surface area contributed by atoms with E-state index >= 15 is 0 Å². The molecule has 5 aromatic rings. The Labute approximate surface area is 339 Å². The van der Waals surface area contributed by atoms with Gasteiger partial charge in [-0.2, -0.15) is 4.98 Å². The van der Waals surface area contributed by atoms with Gasteiger partial charge in [-0.25, -0.2) is 9.59 Å². The largest absolute Gasteiger partial charge is 0.497 e. The Morgan fingerprint density at radius 3 is 1.97 bits per heavy atom. The summed E-state index contributed by atoms with van der Waals surface area (Å²) in [6.07, 6.45) is 3.96. The molecule has 0 amide bonds. The number of aliphatic hydroxyl groups excluding tert-OH is 1. The first-order valence-corrected chi connectivity index (χ1v) is 19.7. The van der Waals surface area contributed by atoms with Gasteiger partial charge in [0.25, 0.3) is 0 Å². The number of aryl methyl sites for hydroxylation is 1. The zero-order valence-electron chi connectivity index (χ0n) is 33.3. The van der Waals surface area contributed by atoms with E-state index in [0.29, 0.717) is 36.0 Å². The molecule has 0 saturated carbocycles. The number of carbonyl (C=O) groups excluding carboxylic acids is 1. The first-order chi connectivity index (χ1) is 28.3. The van der Waals surface area contributed by atoms with E-state index in [1.165, 1.54) is 4.57 Å². The molecule has 1 saturated heterocycles. The van der Waals surface area contributed by atoms with Gasteiger partial charge in [0.05, 0.1) is 33.5 Å². The Morgan fingerprint density at radius 1 is 0.776 bits per heavy atom. The summed E-state index contributed by atoms with van der Waals surface area (Å²) in [6, 6.07) is 34.2. The fraction of sp³-hybridized carbons (Fsp3) is 0.370. The summed E-state index contributed by atoms with van der Waals surface area (Å²) < 4.78 is 42.2. The van der Waals surface area contributed by atoms with Crippen LogP contribution in [0.4, 0.5) is 0 Å². The van der Waals surface area contributed by atoms with E-state index in [-0.39, 0.29) is 25.5 Å². The Kier molecular flexibility index (Phi) is 15.1. The fourth-order valence-electron chi connectivity index (χ4n) is 7.03. The molecule has 12 nitrogen and oxygen atoms in total. The van der Waals surface area contributed by atoms with Gasteiger partial charge in [0.2, 0.25) is 5.88 Å². The molecule has 1 aliphatic rings. The van der Waals surface area contributed by atoms with Gasteiger partial charge < -0.3 is 38.3 Å². The topological polar surface area (TPSA) is 137 Å². The number of methoxy groups -OCH3 is 2. The molecular formula is C46H52N2O10. The van der Waals surface area contributed by atoms with E-state index < -0.39 is 35.7 Å². The van der Waals surface area contributed by atoms with Gasteiger partial charge in [0.1, 0.15) is 41.8 Å². The summed E-state index contributed by atoms with van der Waals surface area (Å²) in [5.41, 5.74) is 1.65. The van der Waals surface area contributed by atoms with E-state index in [1.807, 2.05) is 91.9 Å². The van der Waals surface area contributed by atoms with Crippen LogP contribution in [-0.2, 0) is 24.6 Å². The lowest BCUT2D eigenvalue weighted by molar-refractivity contribution is -0.139. The number of para-hydroxylation sites is 1. The second-order valence-electron chi connectivity index (χ2n) is 14.1. The highest BCUT2D eigenvalue weighted by Gasteiger charge is 2.42. The van der Waals surface area contributed by atoms with Crippen LogP contribution in [0, 0.1) is 6.92 Å². The summed E-state index contributed by atoms with van der Waals surface area (Å²) in [6.45, 7) is 2.67. The average Bonchev–Trinajstić information content (AvgIpc) is 3.63. The van der Waals surface area contributed by atoms with Crippen molar-refractivity contribution in [3.05, 3.63) is 148 Å². The molecule has 0 spiro atoms. The molecule has 3 atom stereocenters. The minimum atomic E-state index is -1.09. The highest BCUT2D eigenvalue weighted by atomic mass is 16.6. The van der Waals surface area contributed by atoms with Crippen molar-refractivity contribution >= 4 is 5.97 Å². The molecule has 0 unspecified atom stereocenters. The van der Waals surface area contributed by atoms with E-state index in [0.717, 1.165) is 48.8 Å². The predicted molar refractivity (Wildman–Crippen MR) is 218 cm³/mol. The minimum absolute atomic E-state index is 0.0173. The smallest absolute Gasteiger partial charge is 0.352 e. The summed E-state index contributed by atoms with van der Waals surface area (Å²) in [5, 5.41) is 11.3. The number of hydrogen-bond acceptors (Lipinski definition) is 11. The maximum absolute atomic E-state index is 13.3. The van der Waals surface area contributed by atoms with E-state index in [1.54, 1.807) is 44.7 Å². The summed E-state index contributed by atoms with van der Waals surface area (Å²) >= 11 is 0. The van der Waals surface area contributed by atoms with Crippen LogP contribution in [0.1, 0.15) is 67.0 Å². The van der Waals surface area contributed by atoms with Crippen LogP contribution in [0.25, 0.3) is 0 Å². The lowest BCUT2D eigenvalue weighted by Gasteiger charge is -2.37. The summed E-state index contributed by atoms with van der Waals surface area (Å²) in [4.78, 5) is 29.4. The number of benzene rings is 4. The van der Waals surface area contributed by atoms with Crippen molar-refractivity contribution in [2.75, 3.05) is 40.6 Å². The van der Waals surface area contributed by atoms with Gasteiger partial charge >= 0.3 is 11.7 Å². The quantitative estimate of drug-likeness (QED) is 0.0350. The predicted octanol–water partition coefficient (Wildman–Crippen LogP) is 7.18. The van der Waals surface area contributed by atoms with Crippen molar-refractivity contribution in [1.82, 2.24) is 9.55 Å². The number of unbranched alkanes of at least 4 members (excludes halogenated alkanes) is 4. The highest BCUT2D eigenvalue weighted by Crippen LogP contribution is 2.42. The molecule has 1 aliphatic heterocycles. The van der Waals surface area contributed by atoms with E-state index in [4.69, 9.17) is 33.2 Å². The standard InChI is InChI=1S/C46H52N2O10/c1-33-30-48(45(51)47-44(33)55-28-14-6-4-5-13-27-54-32-43(50)57-39-17-11-8-12-18-39)42-29-40(49)41(58-42)31-56-46(34-15-9-7-10-16-34,35-19-23-37(52-2)24-20-35)36-21-25-38(53-3)26-22-36/h7-12,15-26,30,40-42,49H,4-6,13-14,27-29,31-32H2,1-3H3/t40-,41+,42+/m0/s1. The monoisotopic (exact) mass is 792 g/mol. The molecule has 4 aromatic carbocycles. The first kappa shape index (κ1) is 42.1. The third kappa shape index (κ3) is 10.7. The normalized spacial score (nSPS) is 16.5. The van der Waals surface area contributed by atoms with Crippen molar-refractivity contribution in [3.63, 3.8) is 0 Å². The molecule has 0 bridgehead atoms. The molecule has 0 radical (unpaired) electrons. The number of hydrogen-bond donors (Lipinski definition) is 1. The Hall–Kier alpha value is -5.53. The van der Waals surface area contributed by atoms with Crippen LogP contribution in [0.15, 0.2) is 120 Å². The molecule has 0 aliphatic carbocycles. The molecule has 306 valence electrons. The number of carbonyl (C=O) groups is 1. The van der Waals surface area contributed by atoms with E-state index in [2.05, 4.69) is 4.98 Å². The van der Waals surface area contributed by atoms with Crippen LogP contribution >= 0.6 is 0 Å². The number of rotatable bonds is 21. The molecule has 1 N–H and O–H groups in total. The van der Waals surface area contributed by atoms with Gasteiger partial charge in [-0.05, 0) is 72.9 Å². The zero-order chi connectivity index (χ0) is 40.7. The second-order valence-corrected chi connectivity index (χ2v) is 14.1. The van der Waals surface area contributed by atoms with Crippen LogP contribution in [-0.4, -0.2) is 73.5 Å². The average molecular weight is 793 g/mol. The SMILES string of the molecule is COc1ccc(C(OC[C@H]2O[C@@H](n3cc(C)c(OCCCCCCCOCC(=O)Oc4ccccc4)nc3=O)C[C@@H]2O)(c2ccccc2)c2ccc(OC)cc2)cc1. The van der Waals surface area contributed by atoms with Gasteiger partial charge in [0.15, 0.2) is 0 Å². The second kappa shape index (κ2) is 20.8. The molecule has 6 rings (SSSR count). The number of nitrogens with zero attached hydrogens (tertiary/aromatic N) is 2. The zero-order valence-corrected chi connectivity index (χ0v) is 33.3. The van der Waals surface area contributed by atoms with Crippen LogP contribution in [0.3, 0.4) is 0 Å². The van der Waals surface area contributed by atoms with Crippen molar-refractivity contribution in [3.8, 4) is 23.1 Å². The molecule has 58 heavy (non-hydrogen) atoms.